The van der Waals surface area contributed by atoms with Gasteiger partial charge in [0, 0.05) is 12.1 Å². The molecule has 0 fully saturated rings. The fourth-order valence-electron chi connectivity index (χ4n) is 1.91. The number of nitrogen functional groups attached to an aromatic ring is 1. The van der Waals surface area contributed by atoms with Gasteiger partial charge in [-0.15, -0.1) is 0 Å². The molecule has 0 bridgehead atoms. The van der Waals surface area contributed by atoms with Gasteiger partial charge < -0.3 is 15.6 Å². The van der Waals surface area contributed by atoms with E-state index in [2.05, 4.69) is 4.72 Å². The van der Waals surface area contributed by atoms with Gasteiger partial charge in [0.1, 0.15) is 10.6 Å². The summed E-state index contributed by atoms with van der Waals surface area (Å²) in [7, 11) is -2.29. The van der Waals surface area contributed by atoms with E-state index in [0.717, 1.165) is 0 Å². The number of rotatable bonds is 7. The lowest BCUT2D eigenvalue weighted by atomic mass is 10.1. The zero-order valence-electron chi connectivity index (χ0n) is 12.0. The molecule has 0 aliphatic heterocycles. The highest BCUT2D eigenvalue weighted by Gasteiger charge is 2.22. The lowest BCUT2D eigenvalue weighted by Gasteiger charge is -2.19. The van der Waals surface area contributed by atoms with Gasteiger partial charge in [0.25, 0.3) is 0 Å². The molecule has 0 saturated heterocycles. The molecule has 0 spiro atoms. The van der Waals surface area contributed by atoms with Gasteiger partial charge in [-0.2, -0.15) is 0 Å². The van der Waals surface area contributed by atoms with Gasteiger partial charge in [-0.3, -0.25) is 0 Å². The Labute approximate surface area is 120 Å². The van der Waals surface area contributed by atoms with Crippen LogP contribution < -0.4 is 15.2 Å². The van der Waals surface area contributed by atoms with E-state index >= 15 is 0 Å². The van der Waals surface area contributed by atoms with Crippen molar-refractivity contribution in [2.45, 2.75) is 31.2 Å². The summed E-state index contributed by atoms with van der Waals surface area (Å²) < 4.78 is 32.0. The fraction of sp³-hybridized carbons (Fsp3) is 0.538. The number of nitrogens with one attached hydrogen (secondary N) is 1. The summed E-state index contributed by atoms with van der Waals surface area (Å²) in [6.07, 6.45) is 0.547. The first-order valence-corrected chi connectivity index (χ1v) is 7.85. The van der Waals surface area contributed by atoms with Crippen molar-refractivity contribution in [3.63, 3.8) is 0 Å². The first kappa shape index (κ1) is 16.7. The molecule has 1 unspecified atom stereocenters. The number of methoxy groups -OCH3 is 1. The van der Waals surface area contributed by atoms with Crippen LogP contribution in [0.15, 0.2) is 23.1 Å². The maximum Gasteiger partial charge on any atom is 0.242 e. The van der Waals surface area contributed by atoms with E-state index in [0.29, 0.717) is 12.2 Å². The molecule has 1 aromatic carbocycles. The van der Waals surface area contributed by atoms with E-state index in [1.54, 1.807) is 0 Å². The van der Waals surface area contributed by atoms with E-state index in [-0.39, 0.29) is 23.1 Å². The summed E-state index contributed by atoms with van der Waals surface area (Å²) in [5.74, 6) is 0.755. The molecule has 7 heteroatoms. The van der Waals surface area contributed by atoms with Gasteiger partial charge >= 0.3 is 0 Å². The van der Waals surface area contributed by atoms with Crippen molar-refractivity contribution in [1.29, 1.82) is 0 Å². The van der Waals surface area contributed by atoms with E-state index in [1.807, 2.05) is 13.8 Å². The molecular formula is C13H22N2O4S. The molecule has 0 aliphatic rings. The third-order valence-electron chi connectivity index (χ3n) is 2.80. The average molecular weight is 302 g/mol. The second kappa shape index (κ2) is 6.92. The summed E-state index contributed by atoms with van der Waals surface area (Å²) in [5.41, 5.74) is 5.85. The van der Waals surface area contributed by atoms with Crippen molar-refractivity contribution in [3.8, 4) is 5.75 Å². The van der Waals surface area contributed by atoms with Crippen molar-refractivity contribution in [3.05, 3.63) is 18.2 Å². The predicted molar refractivity (Wildman–Crippen MR) is 78.1 cm³/mol. The SMILES string of the molecule is COc1ccc(S(=O)(=O)NC(CO)CC(C)C)c(N)c1. The molecule has 1 atom stereocenters. The molecule has 4 N–H and O–H groups in total. The summed E-state index contributed by atoms with van der Waals surface area (Å²) in [6, 6.07) is 3.84. The Balaban J connectivity index is 2.98. The fourth-order valence-corrected chi connectivity index (χ4v) is 3.26. The van der Waals surface area contributed by atoms with E-state index in [1.165, 1.54) is 25.3 Å². The molecular weight excluding hydrogens is 280 g/mol. The monoisotopic (exact) mass is 302 g/mol. The number of nitrogens with two attached hydrogens (primary N) is 1. The third kappa shape index (κ3) is 4.36. The van der Waals surface area contributed by atoms with Crippen LogP contribution in [-0.4, -0.2) is 33.3 Å². The number of ether oxygens (including phenoxy) is 1. The Bertz CT molecular complexity index is 543. The summed E-state index contributed by atoms with van der Waals surface area (Å²) in [4.78, 5) is -0.0134. The number of aliphatic hydroxyl groups excluding tert-OH is 1. The smallest absolute Gasteiger partial charge is 0.242 e. The van der Waals surface area contributed by atoms with E-state index in [4.69, 9.17) is 10.5 Å². The highest BCUT2D eigenvalue weighted by atomic mass is 32.2. The van der Waals surface area contributed by atoms with Gasteiger partial charge in [-0.1, -0.05) is 13.8 Å². The van der Waals surface area contributed by atoms with Crippen LogP contribution in [0.2, 0.25) is 0 Å². The van der Waals surface area contributed by atoms with Crippen molar-refractivity contribution < 1.29 is 18.3 Å². The topological polar surface area (TPSA) is 102 Å². The first-order valence-electron chi connectivity index (χ1n) is 6.37. The predicted octanol–water partition coefficient (Wildman–Crippen LogP) is 0.963. The van der Waals surface area contributed by atoms with Crippen LogP contribution in [0.5, 0.6) is 5.75 Å². The van der Waals surface area contributed by atoms with Crippen LogP contribution in [0.3, 0.4) is 0 Å². The molecule has 114 valence electrons. The van der Waals surface area contributed by atoms with Crippen molar-refractivity contribution in [2.75, 3.05) is 19.5 Å². The number of anilines is 1. The van der Waals surface area contributed by atoms with E-state index < -0.39 is 16.1 Å². The highest BCUT2D eigenvalue weighted by molar-refractivity contribution is 7.89. The molecule has 1 rings (SSSR count). The number of benzene rings is 1. The average Bonchev–Trinajstić information content (AvgIpc) is 2.36. The second-order valence-corrected chi connectivity index (χ2v) is 6.72. The standard InChI is InChI=1S/C13H22N2O4S/c1-9(2)6-10(8-16)15-20(17,18)13-5-4-11(19-3)7-12(13)14/h4-5,7,9-10,15-16H,6,8,14H2,1-3H3. The highest BCUT2D eigenvalue weighted by Crippen LogP contribution is 2.24. The molecule has 0 radical (unpaired) electrons. The van der Waals surface area contributed by atoms with Crippen molar-refractivity contribution in [2.24, 2.45) is 5.92 Å². The first-order chi connectivity index (χ1) is 9.30. The van der Waals surface area contributed by atoms with E-state index in [9.17, 15) is 13.5 Å². The van der Waals surface area contributed by atoms with Crippen LogP contribution >= 0.6 is 0 Å². The Hall–Kier alpha value is -1.31. The Kier molecular flexibility index (Phi) is 5.79. The maximum absolute atomic E-state index is 12.3. The quantitative estimate of drug-likeness (QED) is 0.651. The van der Waals surface area contributed by atoms with Crippen LogP contribution in [-0.2, 0) is 10.0 Å². The van der Waals surface area contributed by atoms with Gasteiger partial charge in [-0.25, -0.2) is 13.1 Å². The van der Waals surface area contributed by atoms with Gasteiger partial charge in [0.2, 0.25) is 10.0 Å². The molecule has 0 aromatic heterocycles. The Morgan fingerprint density at radius 2 is 2.05 bits per heavy atom. The zero-order valence-corrected chi connectivity index (χ0v) is 12.8. The number of aliphatic hydroxyl groups is 1. The van der Waals surface area contributed by atoms with Crippen molar-refractivity contribution in [1.82, 2.24) is 4.72 Å². The molecule has 6 nitrogen and oxygen atoms in total. The molecule has 0 aliphatic carbocycles. The summed E-state index contributed by atoms with van der Waals surface area (Å²) in [6.45, 7) is 3.66. The lowest BCUT2D eigenvalue weighted by molar-refractivity contribution is 0.240. The minimum Gasteiger partial charge on any atom is -0.497 e. The van der Waals surface area contributed by atoms with Crippen LogP contribution in [0.4, 0.5) is 5.69 Å². The minimum absolute atomic E-state index is 0.0134. The Morgan fingerprint density at radius 1 is 1.40 bits per heavy atom. The lowest BCUT2D eigenvalue weighted by Crippen LogP contribution is -2.38. The Morgan fingerprint density at radius 3 is 2.50 bits per heavy atom. The van der Waals surface area contributed by atoms with Crippen LogP contribution in [0, 0.1) is 5.92 Å². The van der Waals surface area contributed by atoms with Gasteiger partial charge in [0.15, 0.2) is 0 Å². The molecule has 0 heterocycles. The van der Waals surface area contributed by atoms with Crippen LogP contribution in [0.1, 0.15) is 20.3 Å². The summed E-state index contributed by atoms with van der Waals surface area (Å²) in [5, 5.41) is 9.26. The number of hydrogen-bond donors (Lipinski definition) is 3. The molecule has 20 heavy (non-hydrogen) atoms. The maximum atomic E-state index is 12.3. The van der Waals surface area contributed by atoms with Gasteiger partial charge in [0.05, 0.1) is 19.4 Å². The second-order valence-electron chi connectivity index (χ2n) is 5.03. The number of hydrogen-bond acceptors (Lipinski definition) is 5. The zero-order chi connectivity index (χ0) is 15.3. The molecule has 0 saturated carbocycles. The minimum atomic E-state index is -3.76. The molecule has 1 aromatic rings. The van der Waals surface area contributed by atoms with Crippen molar-refractivity contribution >= 4 is 15.7 Å². The number of sulfonamides is 1. The summed E-state index contributed by atoms with van der Waals surface area (Å²) >= 11 is 0. The third-order valence-corrected chi connectivity index (χ3v) is 4.40. The van der Waals surface area contributed by atoms with Gasteiger partial charge in [-0.05, 0) is 24.5 Å². The van der Waals surface area contributed by atoms with Crippen LogP contribution in [0.25, 0.3) is 0 Å². The largest absolute Gasteiger partial charge is 0.497 e. The normalized spacial score (nSPS) is 13.4. The molecule has 0 amide bonds.